The number of nitrogens with zero attached hydrogens (tertiary/aromatic N) is 3. The summed E-state index contributed by atoms with van der Waals surface area (Å²) in [6, 6.07) is 14.7. The van der Waals surface area contributed by atoms with Crippen molar-refractivity contribution in [3.8, 4) is 0 Å². The van der Waals surface area contributed by atoms with E-state index < -0.39 is 0 Å². The zero-order chi connectivity index (χ0) is 15.8. The first-order valence-electron chi connectivity index (χ1n) is 7.41. The predicted molar refractivity (Wildman–Crippen MR) is 89.0 cm³/mol. The average Bonchev–Trinajstić information content (AvgIpc) is 3.05. The number of hydrogen-bond donors (Lipinski definition) is 2. The van der Waals surface area contributed by atoms with Gasteiger partial charge in [-0.15, -0.1) is 0 Å². The number of rotatable bonds is 1. The zero-order valence-electron chi connectivity index (χ0n) is 12.4. The SMILES string of the molecule is Nc1ccccc1C(=O)N=c1nc2ccccc2c2n1CCN2. The molecule has 0 unspecified atom stereocenters. The third-order valence-corrected chi connectivity index (χ3v) is 3.91. The minimum absolute atomic E-state index is 0.382. The molecule has 2 aromatic carbocycles. The van der Waals surface area contributed by atoms with Gasteiger partial charge in [-0.2, -0.15) is 4.99 Å². The second-order valence-electron chi connectivity index (χ2n) is 5.36. The molecule has 3 N–H and O–H groups in total. The average molecular weight is 305 g/mol. The Balaban J connectivity index is 1.92. The van der Waals surface area contributed by atoms with Crippen LogP contribution in [0.3, 0.4) is 0 Å². The van der Waals surface area contributed by atoms with Crippen molar-refractivity contribution in [1.29, 1.82) is 0 Å². The van der Waals surface area contributed by atoms with Crippen molar-refractivity contribution in [2.75, 3.05) is 17.6 Å². The van der Waals surface area contributed by atoms with Crippen molar-refractivity contribution in [1.82, 2.24) is 9.55 Å². The van der Waals surface area contributed by atoms with E-state index in [2.05, 4.69) is 15.3 Å². The molecule has 2 heterocycles. The third kappa shape index (κ3) is 2.24. The number of anilines is 2. The predicted octanol–water partition coefficient (Wildman–Crippen LogP) is 1.79. The van der Waals surface area contributed by atoms with Crippen molar-refractivity contribution in [2.45, 2.75) is 6.54 Å². The summed E-state index contributed by atoms with van der Waals surface area (Å²) in [5.41, 5.74) is 7.87. The zero-order valence-corrected chi connectivity index (χ0v) is 12.4. The third-order valence-electron chi connectivity index (χ3n) is 3.91. The fraction of sp³-hybridized carbons (Fsp3) is 0.118. The van der Waals surface area contributed by atoms with Crippen LogP contribution in [0.2, 0.25) is 0 Å². The van der Waals surface area contributed by atoms with Gasteiger partial charge >= 0.3 is 0 Å². The summed E-state index contributed by atoms with van der Waals surface area (Å²) in [5, 5.41) is 4.36. The molecule has 1 aliphatic heterocycles. The lowest BCUT2D eigenvalue weighted by atomic mass is 10.2. The van der Waals surface area contributed by atoms with Crippen LogP contribution in [0.25, 0.3) is 10.9 Å². The molecule has 1 aliphatic rings. The van der Waals surface area contributed by atoms with Crippen molar-refractivity contribution in [2.24, 2.45) is 4.99 Å². The standard InChI is InChI=1S/C17H15N5O/c18-13-7-3-1-5-11(13)16(23)21-17-20-14-8-4-2-6-12(14)15-19-9-10-22(15)17/h1-8,19H,9-10,18H2. The van der Waals surface area contributed by atoms with E-state index in [1.54, 1.807) is 24.3 Å². The quantitative estimate of drug-likeness (QED) is 0.671. The number of carbonyl (C=O) groups is 1. The van der Waals surface area contributed by atoms with Crippen molar-refractivity contribution < 1.29 is 4.79 Å². The first-order chi connectivity index (χ1) is 11.2. The van der Waals surface area contributed by atoms with E-state index in [0.717, 1.165) is 29.8 Å². The molecule has 0 aliphatic carbocycles. The molecule has 1 amide bonds. The van der Waals surface area contributed by atoms with E-state index in [0.29, 0.717) is 16.9 Å². The lowest BCUT2D eigenvalue weighted by Crippen LogP contribution is -2.25. The van der Waals surface area contributed by atoms with E-state index >= 15 is 0 Å². The fourth-order valence-corrected chi connectivity index (χ4v) is 2.80. The molecule has 3 aromatic rings. The fourth-order valence-electron chi connectivity index (χ4n) is 2.80. The van der Waals surface area contributed by atoms with E-state index in [4.69, 9.17) is 5.73 Å². The molecule has 1 aromatic heterocycles. The maximum Gasteiger partial charge on any atom is 0.282 e. The van der Waals surface area contributed by atoms with Crippen LogP contribution in [-0.4, -0.2) is 22.0 Å². The Kier molecular flexibility index (Phi) is 3.08. The Morgan fingerprint density at radius 2 is 1.96 bits per heavy atom. The molecule has 6 nitrogen and oxygen atoms in total. The van der Waals surface area contributed by atoms with Crippen LogP contribution in [0, 0.1) is 0 Å². The van der Waals surface area contributed by atoms with Crippen LogP contribution in [0.15, 0.2) is 53.5 Å². The van der Waals surface area contributed by atoms with Crippen molar-refractivity contribution in [3.63, 3.8) is 0 Å². The highest BCUT2D eigenvalue weighted by Crippen LogP contribution is 2.22. The van der Waals surface area contributed by atoms with Gasteiger partial charge in [0.25, 0.3) is 5.91 Å². The van der Waals surface area contributed by atoms with Crippen LogP contribution >= 0.6 is 0 Å². The molecule has 0 atom stereocenters. The molecule has 0 bridgehead atoms. The number of nitrogens with one attached hydrogen (secondary N) is 1. The van der Waals surface area contributed by atoms with Crippen molar-refractivity contribution >= 4 is 28.3 Å². The Hall–Kier alpha value is -3.15. The topological polar surface area (TPSA) is 85.3 Å². The molecule has 0 saturated carbocycles. The summed E-state index contributed by atoms with van der Waals surface area (Å²) < 4.78 is 1.93. The number of fused-ring (bicyclic) bond motifs is 3. The monoisotopic (exact) mass is 305 g/mol. The van der Waals surface area contributed by atoms with Gasteiger partial charge in [0.2, 0.25) is 5.62 Å². The van der Waals surface area contributed by atoms with Crippen LogP contribution in [0.5, 0.6) is 0 Å². The molecule has 0 fully saturated rings. The molecule has 6 heteroatoms. The maximum atomic E-state index is 12.5. The van der Waals surface area contributed by atoms with E-state index in [-0.39, 0.29) is 5.91 Å². The smallest absolute Gasteiger partial charge is 0.282 e. The Morgan fingerprint density at radius 3 is 2.83 bits per heavy atom. The normalized spacial score (nSPS) is 13.8. The molecule has 0 spiro atoms. The van der Waals surface area contributed by atoms with Gasteiger partial charge in [0.1, 0.15) is 5.82 Å². The number of nitrogens with two attached hydrogens (primary N) is 1. The molecular weight excluding hydrogens is 290 g/mol. The number of amides is 1. The van der Waals surface area contributed by atoms with E-state index in [9.17, 15) is 4.79 Å². The van der Waals surface area contributed by atoms with Crippen LogP contribution < -0.4 is 16.7 Å². The minimum Gasteiger partial charge on any atom is -0.398 e. The van der Waals surface area contributed by atoms with Crippen molar-refractivity contribution in [3.05, 3.63) is 59.7 Å². The number of hydrogen-bond acceptors (Lipinski definition) is 4. The Bertz CT molecular complexity index is 990. The number of carbonyl (C=O) groups excluding carboxylic acids is 1. The van der Waals surface area contributed by atoms with Gasteiger partial charge in [0.05, 0.1) is 11.1 Å². The molecule has 23 heavy (non-hydrogen) atoms. The van der Waals surface area contributed by atoms with Gasteiger partial charge in [0, 0.05) is 24.2 Å². The summed E-state index contributed by atoms with van der Waals surface area (Å²) in [7, 11) is 0. The first kappa shape index (κ1) is 13.5. The summed E-state index contributed by atoms with van der Waals surface area (Å²) in [4.78, 5) is 21.2. The second-order valence-corrected chi connectivity index (χ2v) is 5.36. The summed E-state index contributed by atoms with van der Waals surface area (Å²) >= 11 is 0. The van der Waals surface area contributed by atoms with Gasteiger partial charge in [-0.25, -0.2) is 4.98 Å². The summed E-state index contributed by atoms with van der Waals surface area (Å²) in [5.74, 6) is 0.565. The summed E-state index contributed by atoms with van der Waals surface area (Å²) in [6.07, 6.45) is 0. The first-order valence-corrected chi connectivity index (χ1v) is 7.41. The summed E-state index contributed by atoms with van der Waals surface area (Å²) in [6.45, 7) is 1.52. The highest BCUT2D eigenvalue weighted by Gasteiger charge is 2.16. The van der Waals surface area contributed by atoms with Crippen LogP contribution in [0.4, 0.5) is 11.5 Å². The Labute approximate surface area is 132 Å². The molecule has 114 valence electrons. The number of benzene rings is 2. The van der Waals surface area contributed by atoms with E-state index in [1.807, 2.05) is 28.8 Å². The highest BCUT2D eigenvalue weighted by atomic mass is 16.1. The van der Waals surface area contributed by atoms with Gasteiger partial charge < -0.3 is 11.1 Å². The molecule has 0 radical (unpaired) electrons. The molecular formula is C17H15N5O. The largest absolute Gasteiger partial charge is 0.398 e. The highest BCUT2D eigenvalue weighted by molar-refractivity contribution is 5.99. The van der Waals surface area contributed by atoms with Gasteiger partial charge in [-0.3, -0.25) is 9.36 Å². The molecule has 0 saturated heterocycles. The number of para-hydroxylation sites is 2. The lowest BCUT2D eigenvalue weighted by Gasteiger charge is -2.08. The minimum atomic E-state index is -0.382. The number of nitrogen functional groups attached to an aromatic ring is 1. The van der Waals surface area contributed by atoms with Crippen LogP contribution in [-0.2, 0) is 6.54 Å². The maximum absolute atomic E-state index is 12.5. The second kappa shape index (κ2) is 5.24. The lowest BCUT2D eigenvalue weighted by molar-refractivity contribution is 0.0997. The molecule has 4 rings (SSSR count). The van der Waals surface area contributed by atoms with Crippen LogP contribution in [0.1, 0.15) is 10.4 Å². The number of aromatic nitrogens is 2. The van der Waals surface area contributed by atoms with Gasteiger partial charge in [-0.1, -0.05) is 24.3 Å². The Morgan fingerprint density at radius 1 is 1.17 bits per heavy atom. The van der Waals surface area contributed by atoms with Gasteiger partial charge in [-0.05, 0) is 24.3 Å². The van der Waals surface area contributed by atoms with Gasteiger partial charge in [0.15, 0.2) is 0 Å². The van der Waals surface area contributed by atoms with E-state index in [1.165, 1.54) is 0 Å².